The van der Waals surface area contributed by atoms with Crippen molar-refractivity contribution in [1.29, 1.82) is 0 Å². The lowest BCUT2D eigenvalue weighted by Gasteiger charge is -2.32. The summed E-state index contributed by atoms with van der Waals surface area (Å²) in [4.78, 5) is 29.2. The molecule has 9 heteroatoms. The van der Waals surface area contributed by atoms with Gasteiger partial charge in [-0.05, 0) is 73.2 Å². The molecule has 0 fully saturated rings. The molecule has 3 aromatic carbocycles. The molecule has 2 amide bonds. The number of amides is 2. The minimum atomic E-state index is -3.57. The second kappa shape index (κ2) is 15.9. The Kier molecular flexibility index (Phi) is 12.6. The molecule has 0 unspecified atom stereocenters. The summed E-state index contributed by atoms with van der Waals surface area (Å²) in [5, 5.41) is 3.03. The third-order valence-corrected chi connectivity index (χ3v) is 8.68. The summed E-state index contributed by atoms with van der Waals surface area (Å²) in [7, 11) is -3.57. The SMILES string of the molecule is CCCCNC(=O)[C@@H](Cc1ccccc1)N(Cc1cccc(Br)c1)C(=O)CCCN(c1cc(C)cc(C)c1)S(C)(=O)=O. The van der Waals surface area contributed by atoms with Gasteiger partial charge in [-0.25, -0.2) is 8.42 Å². The summed E-state index contributed by atoms with van der Waals surface area (Å²) in [6.45, 7) is 6.87. The Bertz CT molecular complexity index is 1430. The summed E-state index contributed by atoms with van der Waals surface area (Å²) in [6.07, 6.45) is 3.76. The van der Waals surface area contributed by atoms with Gasteiger partial charge in [0.25, 0.3) is 0 Å². The molecule has 0 saturated carbocycles. The Morgan fingerprint density at radius 2 is 1.57 bits per heavy atom. The van der Waals surface area contributed by atoms with Crippen LogP contribution in [-0.4, -0.2) is 50.5 Å². The molecular formula is C33H42BrN3O4S. The highest BCUT2D eigenvalue weighted by molar-refractivity contribution is 9.10. The maximum absolute atomic E-state index is 13.9. The molecule has 0 aliphatic rings. The van der Waals surface area contributed by atoms with Crippen molar-refractivity contribution in [2.75, 3.05) is 23.7 Å². The molecule has 0 heterocycles. The van der Waals surface area contributed by atoms with Crippen LogP contribution in [0.5, 0.6) is 0 Å². The largest absolute Gasteiger partial charge is 0.354 e. The van der Waals surface area contributed by atoms with Crippen LogP contribution in [0.15, 0.2) is 77.3 Å². The Morgan fingerprint density at radius 1 is 0.905 bits per heavy atom. The third kappa shape index (κ3) is 10.3. The van der Waals surface area contributed by atoms with E-state index in [-0.39, 0.29) is 31.3 Å². The molecular weight excluding hydrogens is 614 g/mol. The van der Waals surface area contributed by atoms with Crippen LogP contribution in [0.3, 0.4) is 0 Å². The summed E-state index contributed by atoms with van der Waals surface area (Å²) in [6, 6.07) is 22.3. The van der Waals surface area contributed by atoms with E-state index in [9.17, 15) is 18.0 Å². The Morgan fingerprint density at radius 3 is 2.19 bits per heavy atom. The monoisotopic (exact) mass is 655 g/mol. The van der Waals surface area contributed by atoms with Crippen molar-refractivity contribution in [2.24, 2.45) is 0 Å². The maximum Gasteiger partial charge on any atom is 0.243 e. The second-order valence-electron chi connectivity index (χ2n) is 10.8. The highest BCUT2D eigenvalue weighted by atomic mass is 79.9. The van der Waals surface area contributed by atoms with Crippen LogP contribution < -0.4 is 9.62 Å². The van der Waals surface area contributed by atoms with E-state index in [1.165, 1.54) is 10.6 Å². The molecule has 0 aromatic heterocycles. The molecule has 1 N–H and O–H groups in total. The first-order valence-electron chi connectivity index (χ1n) is 14.4. The molecule has 0 radical (unpaired) electrons. The van der Waals surface area contributed by atoms with Crippen LogP contribution >= 0.6 is 15.9 Å². The summed E-state index contributed by atoms with van der Waals surface area (Å²) in [5.41, 5.74) is 4.37. The van der Waals surface area contributed by atoms with Crippen LogP contribution in [0, 0.1) is 13.8 Å². The Labute approximate surface area is 259 Å². The zero-order valence-corrected chi connectivity index (χ0v) is 27.4. The predicted molar refractivity (Wildman–Crippen MR) is 174 cm³/mol. The van der Waals surface area contributed by atoms with Crippen LogP contribution in [-0.2, 0) is 32.6 Å². The van der Waals surface area contributed by atoms with E-state index in [1.807, 2.05) is 86.6 Å². The first-order chi connectivity index (χ1) is 20.0. The van der Waals surface area contributed by atoms with Gasteiger partial charge in [-0.15, -0.1) is 0 Å². The number of hydrogen-bond donors (Lipinski definition) is 1. The molecule has 0 spiro atoms. The van der Waals surface area contributed by atoms with E-state index in [0.29, 0.717) is 25.1 Å². The van der Waals surface area contributed by atoms with Gasteiger partial charge in [0.2, 0.25) is 21.8 Å². The average Bonchev–Trinajstić information content (AvgIpc) is 2.92. The smallest absolute Gasteiger partial charge is 0.243 e. The zero-order chi connectivity index (χ0) is 30.7. The number of unbranched alkanes of at least 4 members (excludes halogenated alkanes) is 1. The Balaban J connectivity index is 1.88. The van der Waals surface area contributed by atoms with Crippen molar-refractivity contribution in [3.8, 4) is 0 Å². The van der Waals surface area contributed by atoms with E-state index < -0.39 is 16.1 Å². The molecule has 0 saturated heterocycles. The molecule has 42 heavy (non-hydrogen) atoms. The van der Waals surface area contributed by atoms with Gasteiger partial charge in [0.05, 0.1) is 11.9 Å². The molecule has 1 atom stereocenters. The van der Waals surface area contributed by atoms with Crippen LogP contribution in [0.2, 0.25) is 0 Å². The van der Waals surface area contributed by atoms with Crippen LogP contribution in [0.4, 0.5) is 5.69 Å². The van der Waals surface area contributed by atoms with Gasteiger partial charge in [0, 0.05) is 36.9 Å². The lowest BCUT2D eigenvalue weighted by atomic mass is 10.0. The van der Waals surface area contributed by atoms with Gasteiger partial charge < -0.3 is 10.2 Å². The van der Waals surface area contributed by atoms with Gasteiger partial charge in [0.1, 0.15) is 6.04 Å². The first kappa shape index (κ1) is 33.3. The molecule has 7 nitrogen and oxygen atoms in total. The normalized spacial score (nSPS) is 12.0. The number of sulfonamides is 1. The van der Waals surface area contributed by atoms with Gasteiger partial charge in [-0.3, -0.25) is 13.9 Å². The van der Waals surface area contributed by atoms with Crippen molar-refractivity contribution < 1.29 is 18.0 Å². The number of hydrogen-bond acceptors (Lipinski definition) is 4. The lowest BCUT2D eigenvalue weighted by molar-refractivity contribution is -0.141. The van der Waals surface area contributed by atoms with E-state index in [4.69, 9.17) is 0 Å². The molecule has 0 aliphatic carbocycles. The average molecular weight is 657 g/mol. The molecule has 0 aliphatic heterocycles. The van der Waals surface area contributed by atoms with Crippen LogP contribution in [0.1, 0.15) is 54.9 Å². The second-order valence-corrected chi connectivity index (χ2v) is 13.6. The van der Waals surface area contributed by atoms with Crippen molar-refractivity contribution in [1.82, 2.24) is 10.2 Å². The quantitative estimate of drug-likeness (QED) is 0.199. The number of rotatable bonds is 15. The minimum Gasteiger partial charge on any atom is -0.354 e. The molecule has 0 bridgehead atoms. The van der Waals surface area contributed by atoms with Gasteiger partial charge >= 0.3 is 0 Å². The Hall–Kier alpha value is -3.17. The fourth-order valence-electron chi connectivity index (χ4n) is 4.99. The van der Waals surface area contributed by atoms with Crippen molar-refractivity contribution in [3.05, 3.63) is 99.5 Å². The highest BCUT2D eigenvalue weighted by Crippen LogP contribution is 2.23. The number of nitrogens with zero attached hydrogens (tertiary/aromatic N) is 2. The van der Waals surface area contributed by atoms with Crippen LogP contribution in [0.25, 0.3) is 0 Å². The fraction of sp³-hybridized carbons (Fsp3) is 0.394. The number of benzene rings is 3. The number of anilines is 1. The summed E-state index contributed by atoms with van der Waals surface area (Å²) in [5.74, 6) is -0.390. The highest BCUT2D eigenvalue weighted by Gasteiger charge is 2.30. The van der Waals surface area contributed by atoms with Gasteiger partial charge in [0.15, 0.2) is 0 Å². The molecule has 226 valence electrons. The predicted octanol–water partition coefficient (Wildman–Crippen LogP) is 6.17. The zero-order valence-electron chi connectivity index (χ0n) is 25.0. The lowest BCUT2D eigenvalue weighted by Crippen LogP contribution is -2.50. The number of carbonyl (C=O) groups is 2. The number of halogens is 1. The van der Waals surface area contributed by atoms with Crippen molar-refractivity contribution >= 4 is 43.5 Å². The summed E-state index contributed by atoms with van der Waals surface area (Å²) < 4.78 is 27.7. The number of aryl methyl sites for hydroxylation is 2. The fourth-order valence-corrected chi connectivity index (χ4v) is 6.39. The summed E-state index contributed by atoms with van der Waals surface area (Å²) >= 11 is 3.51. The van der Waals surface area contributed by atoms with E-state index in [2.05, 4.69) is 28.2 Å². The van der Waals surface area contributed by atoms with E-state index >= 15 is 0 Å². The minimum absolute atomic E-state index is 0.0956. The molecule has 3 rings (SSSR count). The number of nitrogens with one attached hydrogen (secondary N) is 1. The van der Waals surface area contributed by atoms with Gasteiger partial charge in [-0.2, -0.15) is 0 Å². The van der Waals surface area contributed by atoms with E-state index in [1.54, 1.807) is 4.90 Å². The van der Waals surface area contributed by atoms with E-state index in [0.717, 1.165) is 39.6 Å². The maximum atomic E-state index is 13.9. The third-order valence-electron chi connectivity index (χ3n) is 6.99. The first-order valence-corrected chi connectivity index (χ1v) is 17.0. The molecule has 3 aromatic rings. The van der Waals surface area contributed by atoms with Crippen molar-refractivity contribution in [3.63, 3.8) is 0 Å². The van der Waals surface area contributed by atoms with Crippen molar-refractivity contribution in [2.45, 2.75) is 65.5 Å². The topological polar surface area (TPSA) is 86.8 Å². The van der Waals surface area contributed by atoms with Gasteiger partial charge in [-0.1, -0.05) is 77.8 Å². The number of carbonyl (C=O) groups excluding carboxylic acids is 2. The standard InChI is InChI=1S/C33H42BrN3O4S/c1-5-6-17-35-33(39)31(23-27-12-8-7-9-13-27)36(24-28-14-10-15-29(34)22-28)32(38)16-11-18-37(42(4,40)41)30-20-25(2)19-26(3)21-30/h7-10,12-15,19-22,31H,5-6,11,16-18,23-24H2,1-4H3,(H,35,39)/t31-/m1/s1.